The molecule has 20 nitrogen and oxygen atoms in total. The second-order valence-corrected chi connectivity index (χ2v) is 20.8. The number of anilines is 2. The first-order chi connectivity index (χ1) is 36.5. The van der Waals surface area contributed by atoms with Crippen molar-refractivity contribution in [1.29, 1.82) is 0 Å². The molecule has 0 unspecified atom stereocenters. The highest BCUT2D eigenvalue weighted by atomic mass is 19.1. The van der Waals surface area contributed by atoms with Gasteiger partial charge in [0.15, 0.2) is 0 Å². The van der Waals surface area contributed by atoms with Crippen LogP contribution in [0.15, 0.2) is 77.8 Å². The fourth-order valence-electron chi connectivity index (χ4n) is 10.9. The van der Waals surface area contributed by atoms with E-state index in [1.54, 1.807) is 81.4 Å². The first-order valence-electron chi connectivity index (χ1n) is 26.2. The Morgan fingerprint density at radius 2 is 1.07 bits per heavy atom. The summed E-state index contributed by atoms with van der Waals surface area (Å²) < 4.78 is 27.1. The Balaban J connectivity index is 0.825. The monoisotopic (exact) mass is 1050 g/mol. The van der Waals surface area contributed by atoms with Gasteiger partial charge >= 0.3 is 12.1 Å². The zero-order chi connectivity index (χ0) is 53.9. The van der Waals surface area contributed by atoms with Crippen molar-refractivity contribution in [3.05, 3.63) is 95.6 Å². The van der Waals surface area contributed by atoms with Crippen molar-refractivity contribution >= 4 is 64.6 Å². The largest absolute Gasteiger partial charge is 0.351 e. The van der Waals surface area contributed by atoms with E-state index in [0.717, 1.165) is 11.1 Å². The zero-order valence-electron chi connectivity index (χ0n) is 43.0. The molecule has 76 heavy (non-hydrogen) atoms. The van der Waals surface area contributed by atoms with E-state index in [4.69, 9.17) is 0 Å². The number of hydrogen-bond donors (Lipinski definition) is 7. The molecule has 22 heteroatoms. The third-order valence-electron chi connectivity index (χ3n) is 15.8. The standard InChI is InChI=1S/C54H66F2N12O8/c1-29(57-3)47(69)63-43-27-65(23-21-37-17-19-45(67(37)51(43)73)49(71)61-41-25-39(41)31-5-9-33(55)10-6-31)53(75)59-35-13-15-36(16-14-35)60-54(76)66-24-22-38-18-20-46(68(38)52(74)44(28-66)64-48(70)30(2)58-4)50(72)62-42-26-40(42)32-7-11-34(56)12-8-32/h5-16,29-30,37-43,45-46,57-58H,17-28H2,1-4H3,(H,59,75)(H,60,76)(H,61,71)(H,62,72)(H,63,69)/b64-44+/t29-,30-,37+,38+,39+,40+,41-,42-,43-,45-,46-/m0/s1. The molecule has 11 atom stereocenters. The average Bonchev–Trinajstić information content (AvgIpc) is 4.26. The van der Waals surface area contributed by atoms with Gasteiger partial charge in [0.1, 0.15) is 35.5 Å². The fraction of sp³-hybridized carbons (Fsp3) is 0.500. The minimum Gasteiger partial charge on any atom is -0.351 e. The second-order valence-electron chi connectivity index (χ2n) is 20.8. The Labute approximate surface area is 439 Å². The van der Waals surface area contributed by atoms with E-state index in [1.165, 1.54) is 39.0 Å². The molecule has 404 valence electrons. The van der Waals surface area contributed by atoms with Crippen molar-refractivity contribution in [2.45, 2.75) is 131 Å². The van der Waals surface area contributed by atoms with Crippen LogP contribution >= 0.6 is 0 Å². The molecule has 0 aromatic heterocycles. The summed E-state index contributed by atoms with van der Waals surface area (Å²) in [4.78, 5) is 121. The molecule has 2 aliphatic carbocycles. The molecule has 3 aromatic rings. The molecule has 0 spiro atoms. The molecule has 2 saturated carbocycles. The van der Waals surface area contributed by atoms with Crippen molar-refractivity contribution in [3.63, 3.8) is 0 Å². The van der Waals surface area contributed by atoms with E-state index in [1.807, 2.05) is 0 Å². The SMILES string of the molecule is CN[C@@H](C)C(=O)/N=C1\CN(C(=O)Nc2ccc(NC(=O)N3CC[C@H]4CC[C@@H](C(=O)N[C@H]5C[C@@H]5c5ccc(F)cc5)N4C(=O)[C@@H](NC(=O)[C@H](C)NC)C3)cc2)CC[C@H]2CC[C@@H](C(=O)N[C@H]3C[C@@H]3c3ccc(F)cc3)N2C1=O. The minimum absolute atomic E-state index is 0.0326. The number of fused-ring (bicyclic) bond motifs is 2. The number of rotatable bonds is 13. The number of halogens is 2. The lowest BCUT2D eigenvalue weighted by atomic mass is 10.1. The normalized spacial score (nSPS) is 27.4. The molecule has 4 saturated heterocycles. The van der Waals surface area contributed by atoms with Gasteiger partial charge in [-0.25, -0.2) is 23.4 Å². The predicted octanol–water partition coefficient (Wildman–Crippen LogP) is 3.17. The van der Waals surface area contributed by atoms with Crippen molar-refractivity contribution in [3.8, 4) is 0 Å². The van der Waals surface area contributed by atoms with Gasteiger partial charge in [-0.15, -0.1) is 0 Å². The maximum atomic E-state index is 14.5. The molecule has 6 fully saturated rings. The maximum Gasteiger partial charge on any atom is 0.322 e. The van der Waals surface area contributed by atoms with Crippen LogP contribution < -0.4 is 37.2 Å². The van der Waals surface area contributed by atoms with Crippen molar-refractivity contribution in [2.24, 2.45) is 4.99 Å². The van der Waals surface area contributed by atoms with E-state index >= 15 is 0 Å². The minimum atomic E-state index is -1.17. The Hall–Kier alpha value is -7.33. The molecular weight excluding hydrogens is 983 g/mol. The Bertz CT molecular complexity index is 2750. The van der Waals surface area contributed by atoms with Crippen LogP contribution in [0.3, 0.4) is 0 Å². The molecule has 3 aromatic carbocycles. The molecular formula is C54H66F2N12O8. The number of amides is 10. The highest BCUT2D eigenvalue weighted by molar-refractivity contribution is 6.42. The zero-order valence-corrected chi connectivity index (χ0v) is 43.0. The van der Waals surface area contributed by atoms with Crippen molar-refractivity contribution < 1.29 is 47.1 Å². The number of urea groups is 2. The van der Waals surface area contributed by atoms with E-state index in [0.29, 0.717) is 62.7 Å². The average molecular weight is 1050 g/mol. The third-order valence-corrected chi connectivity index (χ3v) is 15.8. The van der Waals surface area contributed by atoms with Crippen molar-refractivity contribution in [1.82, 2.24) is 46.2 Å². The van der Waals surface area contributed by atoms with Gasteiger partial charge in [-0.3, -0.25) is 28.8 Å². The van der Waals surface area contributed by atoms with Gasteiger partial charge in [-0.2, -0.15) is 0 Å². The molecule has 4 heterocycles. The Morgan fingerprint density at radius 1 is 0.592 bits per heavy atom. The topological polar surface area (TPSA) is 246 Å². The molecule has 4 aliphatic heterocycles. The van der Waals surface area contributed by atoms with Gasteiger partial charge in [-0.05, 0) is 139 Å². The lowest BCUT2D eigenvalue weighted by molar-refractivity contribution is -0.144. The van der Waals surface area contributed by atoms with Crippen LogP contribution in [-0.2, 0) is 28.8 Å². The van der Waals surface area contributed by atoms with Crippen LogP contribution in [0, 0.1) is 11.6 Å². The number of carbonyl (C=O) groups is 8. The summed E-state index contributed by atoms with van der Waals surface area (Å²) in [5, 5.41) is 20.4. The Morgan fingerprint density at radius 3 is 1.58 bits per heavy atom. The van der Waals surface area contributed by atoms with E-state index in [2.05, 4.69) is 42.2 Å². The van der Waals surface area contributed by atoms with Crippen molar-refractivity contribution in [2.75, 3.05) is 50.9 Å². The molecule has 0 radical (unpaired) electrons. The maximum absolute atomic E-state index is 14.5. The van der Waals surface area contributed by atoms with Gasteiger partial charge < -0.3 is 56.8 Å². The van der Waals surface area contributed by atoms with E-state index in [9.17, 15) is 47.1 Å². The van der Waals surface area contributed by atoms with Crippen LogP contribution in [-0.4, -0.2) is 167 Å². The smallest absolute Gasteiger partial charge is 0.322 e. The summed E-state index contributed by atoms with van der Waals surface area (Å²) in [7, 11) is 3.19. The van der Waals surface area contributed by atoms with Gasteiger partial charge in [0, 0.05) is 60.5 Å². The third kappa shape index (κ3) is 12.0. The van der Waals surface area contributed by atoms with Crippen LogP contribution in [0.5, 0.6) is 0 Å². The molecule has 0 bridgehead atoms. The highest BCUT2D eigenvalue weighted by Crippen LogP contribution is 2.43. The number of nitrogens with zero attached hydrogens (tertiary/aromatic N) is 5. The second kappa shape index (κ2) is 22.9. The van der Waals surface area contributed by atoms with E-state index in [-0.39, 0.29) is 85.3 Å². The van der Waals surface area contributed by atoms with E-state index < -0.39 is 71.9 Å². The highest BCUT2D eigenvalue weighted by Gasteiger charge is 2.49. The number of hydrogen-bond acceptors (Lipinski definition) is 10. The summed E-state index contributed by atoms with van der Waals surface area (Å²) >= 11 is 0. The first kappa shape index (κ1) is 53.5. The van der Waals surface area contributed by atoms with Gasteiger partial charge in [0.25, 0.3) is 11.8 Å². The molecule has 10 amide bonds. The van der Waals surface area contributed by atoms with Gasteiger partial charge in [0.05, 0.1) is 25.2 Å². The summed E-state index contributed by atoms with van der Waals surface area (Å²) in [6, 6.07) is 12.4. The number of likely N-dealkylation sites (N-methyl/N-ethyl adjacent to an activating group) is 2. The molecule has 9 rings (SSSR count). The van der Waals surface area contributed by atoms with Crippen LogP contribution in [0.25, 0.3) is 0 Å². The molecule has 6 aliphatic rings. The van der Waals surface area contributed by atoms with Crippen LogP contribution in [0.2, 0.25) is 0 Å². The Kier molecular flexibility index (Phi) is 16.1. The summed E-state index contributed by atoms with van der Waals surface area (Å²) in [6.07, 6.45) is 3.92. The van der Waals surface area contributed by atoms with Gasteiger partial charge in [0.2, 0.25) is 23.6 Å². The lowest BCUT2D eigenvalue weighted by Gasteiger charge is -2.39. The number of benzene rings is 3. The summed E-state index contributed by atoms with van der Waals surface area (Å²) in [5.41, 5.74) is 2.39. The number of nitrogens with one attached hydrogen (secondary N) is 7. The predicted molar refractivity (Wildman–Crippen MR) is 277 cm³/mol. The summed E-state index contributed by atoms with van der Waals surface area (Å²) in [6.45, 7) is 3.13. The quantitative estimate of drug-likeness (QED) is 0.132. The lowest BCUT2D eigenvalue weighted by Crippen LogP contribution is -2.62. The fourth-order valence-corrected chi connectivity index (χ4v) is 10.9. The molecule has 7 N–H and O–H groups in total. The van der Waals surface area contributed by atoms with Crippen LogP contribution in [0.1, 0.15) is 88.2 Å². The number of aliphatic imine (C=N–C) groups is 1. The van der Waals surface area contributed by atoms with Crippen LogP contribution in [0.4, 0.5) is 29.7 Å². The first-order valence-corrected chi connectivity index (χ1v) is 26.2. The summed E-state index contributed by atoms with van der Waals surface area (Å²) in [5.74, 6) is -3.36. The number of carbonyl (C=O) groups excluding carboxylic acids is 8. The van der Waals surface area contributed by atoms with Gasteiger partial charge in [-0.1, -0.05) is 24.3 Å².